The van der Waals surface area contributed by atoms with Gasteiger partial charge in [0.25, 0.3) is 0 Å². The Kier molecular flexibility index (Phi) is 8.02. The van der Waals surface area contributed by atoms with E-state index < -0.39 is 0 Å². The van der Waals surface area contributed by atoms with E-state index in [-0.39, 0.29) is 5.41 Å². The number of thiophene rings is 1. The lowest BCUT2D eigenvalue weighted by Gasteiger charge is -2.21. The van der Waals surface area contributed by atoms with E-state index in [0.717, 1.165) is 38.9 Å². The van der Waals surface area contributed by atoms with E-state index in [0.29, 0.717) is 17.5 Å². The molecule has 2 heterocycles. The normalized spacial score (nSPS) is 12.8. The first-order chi connectivity index (χ1) is 28.5. The highest BCUT2D eigenvalue weighted by Crippen LogP contribution is 2.49. The summed E-state index contributed by atoms with van der Waals surface area (Å²) in [6.45, 7) is 4.66. The zero-order valence-electron chi connectivity index (χ0n) is 32.1. The van der Waals surface area contributed by atoms with Gasteiger partial charge in [-0.05, 0) is 79.9 Å². The zero-order valence-corrected chi connectivity index (χ0v) is 33.0. The number of hydrogen-bond donors (Lipinski definition) is 0. The van der Waals surface area contributed by atoms with Crippen molar-refractivity contribution >= 4 is 31.5 Å². The third-order valence-corrected chi connectivity index (χ3v) is 13.0. The number of benzene rings is 8. The maximum absolute atomic E-state index is 5.24. The molecule has 8 aromatic carbocycles. The Bertz CT molecular complexity index is 3200. The van der Waals surface area contributed by atoms with Gasteiger partial charge in [0.1, 0.15) is 0 Å². The maximum Gasteiger partial charge on any atom is 0.165 e. The predicted octanol–water partition coefficient (Wildman–Crippen LogP) is 14.5. The van der Waals surface area contributed by atoms with E-state index >= 15 is 0 Å². The van der Waals surface area contributed by atoms with Gasteiger partial charge in [-0.1, -0.05) is 178 Å². The molecule has 0 atom stereocenters. The molecule has 1 aliphatic carbocycles. The number of aromatic nitrogens is 3. The average Bonchev–Trinajstić information content (AvgIpc) is 3.78. The number of nitrogens with zero attached hydrogens (tertiary/aromatic N) is 3. The van der Waals surface area contributed by atoms with E-state index in [9.17, 15) is 0 Å². The molecule has 274 valence electrons. The maximum atomic E-state index is 5.24. The lowest BCUT2D eigenvalue weighted by atomic mass is 9.82. The molecule has 0 N–H and O–H groups in total. The van der Waals surface area contributed by atoms with E-state index in [1.807, 2.05) is 6.07 Å². The van der Waals surface area contributed by atoms with Gasteiger partial charge >= 0.3 is 0 Å². The molecule has 0 saturated heterocycles. The van der Waals surface area contributed by atoms with Gasteiger partial charge in [-0.3, -0.25) is 0 Å². The van der Waals surface area contributed by atoms with Crippen molar-refractivity contribution in [2.75, 3.05) is 0 Å². The van der Waals surface area contributed by atoms with Gasteiger partial charge in [0, 0.05) is 42.3 Å². The second-order valence-corrected chi connectivity index (χ2v) is 16.6. The lowest BCUT2D eigenvalue weighted by Crippen LogP contribution is -2.14. The second kappa shape index (κ2) is 13.6. The van der Waals surface area contributed by atoms with E-state index in [1.165, 1.54) is 53.6 Å². The quantitative estimate of drug-likeness (QED) is 0.169. The SMILES string of the molecule is CC1(C)c2ccccc2-c2cc(-c3cccc(-c4ccc(-c5nc(-c6ccccc6-c6ccccc6)nc(-c6cccc7c6sc6ccccc67)n5)cc4)c3)ccc21. The first kappa shape index (κ1) is 34.3. The van der Waals surface area contributed by atoms with Crippen molar-refractivity contribution in [2.24, 2.45) is 0 Å². The van der Waals surface area contributed by atoms with Crippen molar-refractivity contribution in [1.29, 1.82) is 0 Å². The van der Waals surface area contributed by atoms with Crippen LogP contribution in [0, 0.1) is 0 Å². The number of rotatable bonds is 6. The zero-order chi connectivity index (χ0) is 38.8. The van der Waals surface area contributed by atoms with Crippen LogP contribution in [0.3, 0.4) is 0 Å². The van der Waals surface area contributed by atoms with Crippen LogP contribution in [0.4, 0.5) is 0 Å². The Hall–Kier alpha value is -7.01. The minimum atomic E-state index is -0.00860. The van der Waals surface area contributed by atoms with Crippen LogP contribution < -0.4 is 0 Å². The smallest absolute Gasteiger partial charge is 0.165 e. The molecule has 58 heavy (non-hydrogen) atoms. The molecule has 10 aromatic rings. The summed E-state index contributed by atoms with van der Waals surface area (Å²) >= 11 is 1.79. The molecule has 2 aromatic heterocycles. The Labute approximate surface area is 342 Å². The van der Waals surface area contributed by atoms with Crippen LogP contribution in [-0.4, -0.2) is 15.0 Å². The molecule has 0 aliphatic heterocycles. The minimum absolute atomic E-state index is 0.00860. The van der Waals surface area contributed by atoms with Gasteiger partial charge in [-0.2, -0.15) is 0 Å². The predicted molar refractivity (Wildman–Crippen MR) is 243 cm³/mol. The van der Waals surface area contributed by atoms with Crippen molar-refractivity contribution in [3.05, 3.63) is 199 Å². The molecule has 1 aliphatic rings. The van der Waals surface area contributed by atoms with E-state index in [2.05, 4.69) is 196 Å². The van der Waals surface area contributed by atoms with Crippen LogP contribution in [0.1, 0.15) is 25.0 Å². The van der Waals surface area contributed by atoms with Crippen LogP contribution in [0.2, 0.25) is 0 Å². The highest BCUT2D eigenvalue weighted by molar-refractivity contribution is 7.26. The van der Waals surface area contributed by atoms with Crippen molar-refractivity contribution < 1.29 is 0 Å². The minimum Gasteiger partial charge on any atom is -0.208 e. The standard InChI is InChI=1S/C54H37N3S/c1-54(2)47-24-10-8-19-41(47)46-33-39(30-31-48(46)54)38-17-12-16-37(32-38)34-26-28-36(29-27-34)51-55-52(44-21-7-6-18-40(44)35-14-4-3-5-15-35)57-53(56-51)45-23-13-22-43-42-20-9-11-25-49(42)58-50(43)45/h3-33H,1-2H3. The van der Waals surface area contributed by atoms with Gasteiger partial charge in [-0.25, -0.2) is 15.0 Å². The van der Waals surface area contributed by atoms with E-state index in [4.69, 9.17) is 15.0 Å². The summed E-state index contributed by atoms with van der Waals surface area (Å²) in [6, 6.07) is 67.2. The monoisotopic (exact) mass is 759 g/mol. The highest BCUT2D eigenvalue weighted by atomic mass is 32.1. The average molecular weight is 760 g/mol. The summed E-state index contributed by atoms with van der Waals surface area (Å²) < 4.78 is 2.42. The van der Waals surface area contributed by atoms with Gasteiger partial charge in [0.15, 0.2) is 17.5 Å². The molecule has 0 spiro atoms. The Morgan fingerprint density at radius 3 is 1.71 bits per heavy atom. The van der Waals surface area contributed by atoms with Crippen LogP contribution in [0.5, 0.6) is 0 Å². The summed E-state index contributed by atoms with van der Waals surface area (Å²) in [5.41, 5.74) is 15.3. The third kappa shape index (κ3) is 5.68. The van der Waals surface area contributed by atoms with Gasteiger partial charge < -0.3 is 0 Å². The van der Waals surface area contributed by atoms with Crippen LogP contribution >= 0.6 is 11.3 Å². The largest absolute Gasteiger partial charge is 0.208 e. The molecule has 0 radical (unpaired) electrons. The fraction of sp³-hybridized carbons (Fsp3) is 0.0556. The van der Waals surface area contributed by atoms with Crippen molar-refractivity contribution in [3.8, 4) is 78.7 Å². The third-order valence-electron chi connectivity index (χ3n) is 11.8. The van der Waals surface area contributed by atoms with Crippen molar-refractivity contribution in [1.82, 2.24) is 15.0 Å². The van der Waals surface area contributed by atoms with Crippen LogP contribution in [0.15, 0.2) is 188 Å². The molecular formula is C54H37N3S. The van der Waals surface area contributed by atoms with Crippen molar-refractivity contribution in [3.63, 3.8) is 0 Å². The molecule has 0 unspecified atom stereocenters. The summed E-state index contributed by atoms with van der Waals surface area (Å²) in [4.78, 5) is 15.7. The van der Waals surface area contributed by atoms with E-state index in [1.54, 1.807) is 11.3 Å². The number of fused-ring (bicyclic) bond motifs is 6. The van der Waals surface area contributed by atoms with Gasteiger partial charge in [-0.15, -0.1) is 11.3 Å². The first-order valence-corrected chi connectivity index (χ1v) is 20.6. The molecule has 0 saturated carbocycles. The van der Waals surface area contributed by atoms with Gasteiger partial charge in [0.2, 0.25) is 0 Å². The molecule has 0 amide bonds. The Morgan fingerprint density at radius 1 is 0.345 bits per heavy atom. The molecule has 0 fully saturated rings. The second-order valence-electron chi connectivity index (χ2n) is 15.6. The summed E-state index contributed by atoms with van der Waals surface area (Å²) in [7, 11) is 0. The Morgan fingerprint density at radius 2 is 0.879 bits per heavy atom. The molecule has 0 bridgehead atoms. The first-order valence-electron chi connectivity index (χ1n) is 19.8. The Balaban J connectivity index is 1.00. The van der Waals surface area contributed by atoms with Gasteiger partial charge in [0.05, 0.1) is 0 Å². The molecular weight excluding hydrogens is 723 g/mol. The fourth-order valence-corrected chi connectivity index (χ4v) is 10.0. The topological polar surface area (TPSA) is 38.7 Å². The van der Waals surface area contributed by atoms with Crippen LogP contribution in [-0.2, 0) is 5.41 Å². The fourth-order valence-electron chi connectivity index (χ4n) is 8.81. The highest BCUT2D eigenvalue weighted by Gasteiger charge is 2.35. The molecule has 4 heteroatoms. The summed E-state index contributed by atoms with van der Waals surface area (Å²) in [6.07, 6.45) is 0. The van der Waals surface area contributed by atoms with Crippen LogP contribution in [0.25, 0.3) is 98.8 Å². The van der Waals surface area contributed by atoms with Crippen molar-refractivity contribution in [2.45, 2.75) is 19.3 Å². The number of hydrogen-bond acceptors (Lipinski definition) is 4. The molecule has 3 nitrogen and oxygen atoms in total. The summed E-state index contributed by atoms with van der Waals surface area (Å²) in [5.74, 6) is 1.95. The summed E-state index contributed by atoms with van der Waals surface area (Å²) in [5, 5.41) is 2.46. The molecule has 11 rings (SSSR count). The lowest BCUT2D eigenvalue weighted by molar-refractivity contribution is 0.660.